The fourth-order valence-corrected chi connectivity index (χ4v) is 3.47. The minimum atomic E-state index is 0.787. The number of aromatic nitrogens is 8. The minimum absolute atomic E-state index is 0.787. The molecule has 10 nitrogen and oxygen atoms in total. The number of hydrogen-bond acceptors (Lipinski definition) is 8. The maximum absolute atomic E-state index is 4.54. The van der Waals surface area contributed by atoms with Crippen LogP contribution >= 0.6 is 0 Å². The summed E-state index contributed by atoms with van der Waals surface area (Å²) in [6.45, 7) is 3.49. The highest BCUT2D eigenvalue weighted by molar-refractivity contribution is 5.83. The molecule has 0 unspecified atom stereocenters. The Morgan fingerprint density at radius 2 is 1.69 bits per heavy atom. The highest BCUT2D eigenvalue weighted by atomic mass is 15.3. The Morgan fingerprint density at radius 1 is 0.846 bits per heavy atom. The summed E-state index contributed by atoms with van der Waals surface area (Å²) in [6, 6.07) is 0. The second-order valence-corrected chi connectivity index (χ2v) is 6.37. The molecule has 5 heterocycles. The lowest BCUT2D eigenvalue weighted by Crippen LogP contribution is -2.32. The summed E-state index contributed by atoms with van der Waals surface area (Å²) in [6.07, 6.45) is 9.74. The first-order valence-corrected chi connectivity index (χ1v) is 8.57. The second kappa shape index (κ2) is 5.90. The van der Waals surface area contributed by atoms with E-state index in [1.807, 2.05) is 22.2 Å². The van der Waals surface area contributed by atoms with Crippen LogP contribution in [0, 0.1) is 0 Å². The Kier molecular flexibility index (Phi) is 3.40. The van der Waals surface area contributed by atoms with E-state index in [0.29, 0.717) is 0 Å². The van der Waals surface area contributed by atoms with Gasteiger partial charge in [-0.05, 0) is 6.42 Å². The van der Waals surface area contributed by atoms with E-state index in [4.69, 9.17) is 0 Å². The molecule has 0 aromatic carbocycles. The van der Waals surface area contributed by atoms with E-state index in [1.165, 1.54) is 0 Å². The molecule has 0 aliphatic carbocycles. The van der Waals surface area contributed by atoms with Gasteiger partial charge in [-0.3, -0.25) is 4.40 Å². The van der Waals surface area contributed by atoms with Crippen molar-refractivity contribution in [3.63, 3.8) is 0 Å². The quantitative estimate of drug-likeness (QED) is 0.516. The van der Waals surface area contributed by atoms with E-state index in [2.05, 4.69) is 39.9 Å². The number of fused-ring (bicyclic) bond motifs is 2. The maximum Gasteiger partial charge on any atom is 0.203 e. The zero-order chi connectivity index (χ0) is 17.5. The van der Waals surface area contributed by atoms with Gasteiger partial charge in [0.15, 0.2) is 22.8 Å². The largest absolute Gasteiger partial charge is 0.353 e. The first-order chi connectivity index (χ1) is 12.8. The number of hydrogen-bond donors (Lipinski definition) is 0. The van der Waals surface area contributed by atoms with Gasteiger partial charge in [-0.15, -0.1) is 10.2 Å². The van der Waals surface area contributed by atoms with Gasteiger partial charge in [0.2, 0.25) is 5.65 Å². The average Bonchev–Trinajstić information content (AvgIpc) is 3.22. The number of aryl methyl sites for hydroxylation is 1. The predicted octanol–water partition coefficient (Wildman–Crippen LogP) is 0.518. The molecular formula is C16H18N10. The smallest absolute Gasteiger partial charge is 0.203 e. The molecule has 0 amide bonds. The van der Waals surface area contributed by atoms with Gasteiger partial charge in [-0.1, -0.05) is 0 Å². The van der Waals surface area contributed by atoms with Crippen molar-refractivity contribution in [1.29, 1.82) is 0 Å². The van der Waals surface area contributed by atoms with Crippen molar-refractivity contribution in [2.24, 2.45) is 7.05 Å². The molecule has 0 N–H and O–H groups in total. The molecular weight excluding hydrogens is 332 g/mol. The van der Waals surface area contributed by atoms with Gasteiger partial charge in [0.25, 0.3) is 0 Å². The fourth-order valence-electron chi connectivity index (χ4n) is 3.47. The molecule has 1 saturated heterocycles. The highest BCUT2D eigenvalue weighted by Crippen LogP contribution is 2.24. The van der Waals surface area contributed by atoms with E-state index in [9.17, 15) is 0 Å². The van der Waals surface area contributed by atoms with Crippen LogP contribution in [0.25, 0.3) is 16.8 Å². The third-order valence-electron chi connectivity index (χ3n) is 4.77. The Labute approximate surface area is 149 Å². The molecule has 0 atom stereocenters. The van der Waals surface area contributed by atoms with E-state index >= 15 is 0 Å². The van der Waals surface area contributed by atoms with E-state index < -0.39 is 0 Å². The summed E-state index contributed by atoms with van der Waals surface area (Å²) >= 11 is 0. The lowest BCUT2D eigenvalue weighted by Gasteiger charge is -2.23. The number of anilines is 2. The Balaban J connectivity index is 1.44. The molecule has 5 rings (SSSR count). The lowest BCUT2D eigenvalue weighted by molar-refractivity contribution is 0.793. The van der Waals surface area contributed by atoms with Crippen molar-refractivity contribution in [2.45, 2.75) is 6.42 Å². The number of nitrogens with zero attached hydrogens (tertiary/aromatic N) is 10. The van der Waals surface area contributed by atoms with Crippen molar-refractivity contribution in [3.8, 4) is 0 Å². The Bertz CT molecular complexity index is 1070. The van der Waals surface area contributed by atoms with Crippen molar-refractivity contribution < 1.29 is 0 Å². The molecule has 0 spiro atoms. The van der Waals surface area contributed by atoms with Crippen LogP contribution in [-0.2, 0) is 7.05 Å². The van der Waals surface area contributed by atoms with Crippen LogP contribution in [-0.4, -0.2) is 65.3 Å². The van der Waals surface area contributed by atoms with Crippen LogP contribution in [0.15, 0.2) is 31.4 Å². The molecule has 10 heteroatoms. The van der Waals surface area contributed by atoms with Gasteiger partial charge >= 0.3 is 0 Å². The Hall–Kier alpha value is -3.30. The summed E-state index contributed by atoms with van der Waals surface area (Å²) in [5.41, 5.74) is 2.49. The molecule has 4 aromatic rings. The topological polar surface area (TPSA) is 93.2 Å². The van der Waals surface area contributed by atoms with Crippen molar-refractivity contribution in [2.75, 3.05) is 36.0 Å². The SMILES string of the molecule is Cn1cnc2c(N3CCCN(c4nccn5cnnc45)CC3)ncnc21. The van der Waals surface area contributed by atoms with Crippen molar-refractivity contribution in [1.82, 2.24) is 39.1 Å². The molecule has 1 aliphatic heterocycles. The molecule has 0 radical (unpaired) electrons. The second-order valence-electron chi connectivity index (χ2n) is 6.37. The van der Waals surface area contributed by atoms with Crippen molar-refractivity contribution >= 4 is 28.4 Å². The number of rotatable bonds is 2. The standard InChI is InChI=1S/C16H18N10/c1-23-10-20-12-13(23)18-9-19-14(12)24-4-2-5-25(8-7-24)15-16-22-21-11-26(16)6-3-17-15/h3,6,9-11H,2,4-5,7-8H2,1H3. The van der Waals surface area contributed by atoms with Gasteiger partial charge in [-0.2, -0.15) is 0 Å². The molecule has 1 aliphatic rings. The normalized spacial score (nSPS) is 15.7. The summed E-state index contributed by atoms with van der Waals surface area (Å²) in [5, 5.41) is 8.19. The van der Waals surface area contributed by atoms with E-state index in [-0.39, 0.29) is 0 Å². The third-order valence-corrected chi connectivity index (χ3v) is 4.77. The molecule has 26 heavy (non-hydrogen) atoms. The highest BCUT2D eigenvalue weighted by Gasteiger charge is 2.22. The van der Waals surface area contributed by atoms with Gasteiger partial charge in [0.05, 0.1) is 6.33 Å². The molecule has 4 aromatic heterocycles. The van der Waals surface area contributed by atoms with Crippen LogP contribution < -0.4 is 9.80 Å². The average molecular weight is 350 g/mol. The third kappa shape index (κ3) is 2.33. The maximum atomic E-state index is 4.54. The van der Waals surface area contributed by atoms with Gasteiger partial charge in [0.1, 0.15) is 12.7 Å². The van der Waals surface area contributed by atoms with Gasteiger partial charge < -0.3 is 14.4 Å². The first kappa shape index (κ1) is 15.0. The van der Waals surface area contributed by atoms with Crippen LogP contribution in [0.2, 0.25) is 0 Å². The summed E-state index contributed by atoms with van der Waals surface area (Å²) in [4.78, 5) is 22.4. The monoisotopic (exact) mass is 350 g/mol. The first-order valence-electron chi connectivity index (χ1n) is 8.57. The van der Waals surface area contributed by atoms with E-state index in [1.54, 1.807) is 25.2 Å². The zero-order valence-electron chi connectivity index (χ0n) is 14.4. The summed E-state index contributed by atoms with van der Waals surface area (Å²) in [7, 11) is 1.95. The zero-order valence-corrected chi connectivity index (χ0v) is 14.4. The Morgan fingerprint density at radius 3 is 2.58 bits per heavy atom. The lowest BCUT2D eigenvalue weighted by atomic mass is 10.3. The van der Waals surface area contributed by atoms with Crippen LogP contribution in [0.5, 0.6) is 0 Å². The summed E-state index contributed by atoms with van der Waals surface area (Å²) in [5.74, 6) is 1.77. The van der Waals surface area contributed by atoms with Crippen LogP contribution in [0.1, 0.15) is 6.42 Å². The van der Waals surface area contributed by atoms with Crippen LogP contribution in [0.4, 0.5) is 11.6 Å². The van der Waals surface area contributed by atoms with Gasteiger partial charge in [0, 0.05) is 45.6 Å². The molecule has 132 valence electrons. The number of imidazole rings is 1. The molecule has 0 bridgehead atoms. The minimum Gasteiger partial charge on any atom is -0.353 e. The molecule has 1 fully saturated rings. The fraction of sp³-hybridized carbons (Fsp3) is 0.375. The predicted molar refractivity (Wildman–Crippen MR) is 96.1 cm³/mol. The molecule has 0 saturated carbocycles. The summed E-state index contributed by atoms with van der Waals surface area (Å²) < 4.78 is 3.81. The van der Waals surface area contributed by atoms with Crippen LogP contribution in [0.3, 0.4) is 0 Å². The van der Waals surface area contributed by atoms with Gasteiger partial charge in [-0.25, -0.2) is 19.9 Å². The van der Waals surface area contributed by atoms with E-state index in [0.717, 1.165) is 61.0 Å². The van der Waals surface area contributed by atoms with Crippen molar-refractivity contribution in [3.05, 3.63) is 31.4 Å².